The van der Waals surface area contributed by atoms with Crippen molar-refractivity contribution in [1.82, 2.24) is 0 Å². The lowest BCUT2D eigenvalue weighted by Crippen LogP contribution is -2.69. The number of ketones is 2. The second-order valence-electron chi connectivity index (χ2n) is 9.30. The van der Waals surface area contributed by atoms with Crippen molar-refractivity contribution < 1.29 is 28.9 Å². The number of rotatable bonds is 2. The summed E-state index contributed by atoms with van der Waals surface area (Å²) in [5.74, 6) is -0.284. The number of ether oxygens (including phenoxy) is 3. The highest BCUT2D eigenvalue weighted by atomic mass is 16.6. The number of carbonyl (C=O) groups is 2. The molecular formula is C22H30O6. The Labute approximate surface area is 165 Å². The van der Waals surface area contributed by atoms with Gasteiger partial charge >= 0.3 is 0 Å². The Bertz CT molecular complexity index is 797. The van der Waals surface area contributed by atoms with Crippen LogP contribution >= 0.6 is 0 Å². The van der Waals surface area contributed by atoms with Crippen molar-refractivity contribution in [2.24, 2.45) is 34.5 Å². The Morgan fingerprint density at radius 3 is 2.46 bits per heavy atom. The third-order valence-electron chi connectivity index (χ3n) is 8.22. The van der Waals surface area contributed by atoms with Crippen molar-refractivity contribution in [3.8, 4) is 0 Å². The molecule has 1 heterocycles. The number of methoxy groups -OCH3 is 2. The first-order chi connectivity index (χ1) is 13.1. The Balaban J connectivity index is 1.97. The number of carbonyl (C=O) groups excluding carboxylic acids is 2. The molecule has 0 aromatic heterocycles. The van der Waals surface area contributed by atoms with Crippen molar-refractivity contribution in [2.45, 2.75) is 52.9 Å². The highest BCUT2D eigenvalue weighted by molar-refractivity contribution is 6.07. The molecule has 4 rings (SSSR count). The van der Waals surface area contributed by atoms with Gasteiger partial charge in [-0.05, 0) is 42.7 Å². The van der Waals surface area contributed by atoms with Gasteiger partial charge in [0, 0.05) is 23.2 Å². The highest BCUT2D eigenvalue weighted by Gasteiger charge is 2.71. The Morgan fingerprint density at radius 2 is 1.86 bits per heavy atom. The predicted octanol–water partition coefficient (Wildman–Crippen LogP) is 2.61. The van der Waals surface area contributed by atoms with E-state index in [2.05, 4.69) is 13.8 Å². The lowest BCUT2D eigenvalue weighted by Gasteiger charge is -2.65. The fourth-order valence-corrected chi connectivity index (χ4v) is 6.96. The first-order valence-corrected chi connectivity index (χ1v) is 10.0. The second kappa shape index (κ2) is 6.17. The summed E-state index contributed by atoms with van der Waals surface area (Å²) in [5.41, 5.74) is -0.644. The Hall–Kier alpha value is -1.66. The van der Waals surface area contributed by atoms with Gasteiger partial charge in [0.25, 0.3) is 0 Å². The summed E-state index contributed by atoms with van der Waals surface area (Å²) < 4.78 is 16.9. The third kappa shape index (κ3) is 2.16. The largest absolute Gasteiger partial charge is 0.493 e. The van der Waals surface area contributed by atoms with Crippen LogP contribution in [0.1, 0.15) is 40.5 Å². The minimum atomic E-state index is -0.907. The minimum absolute atomic E-state index is 0.0501. The molecule has 0 aromatic carbocycles. The molecule has 4 aliphatic rings. The standard InChI is InChI=1S/C22H30O6/c1-10-7-14(26-5)20(25)22(4)12(10)8-15-21(3)13(9-16(23)28-15)11(2)18(27-6)17(24)19(21)22/h7,10,12-13,15-16,19,23H,8-9H2,1-6H3/t10-,12+,13-,15+,16?,19?,21+,22-/m0/s1. The van der Waals surface area contributed by atoms with Crippen LogP contribution in [-0.4, -0.2) is 43.3 Å². The van der Waals surface area contributed by atoms with E-state index in [1.54, 1.807) is 0 Å². The first kappa shape index (κ1) is 19.6. The van der Waals surface area contributed by atoms with Gasteiger partial charge in [-0.1, -0.05) is 20.8 Å². The van der Waals surface area contributed by atoms with Gasteiger partial charge < -0.3 is 19.3 Å². The van der Waals surface area contributed by atoms with Crippen molar-refractivity contribution >= 4 is 11.6 Å². The number of Topliss-reactive ketones (excluding diaryl/α,β-unsaturated/α-hetero) is 2. The van der Waals surface area contributed by atoms with E-state index in [1.807, 2.05) is 19.9 Å². The molecule has 0 spiro atoms. The van der Waals surface area contributed by atoms with Crippen LogP contribution in [0.25, 0.3) is 0 Å². The molecule has 1 saturated heterocycles. The van der Waals surface area contributed by atoms with E-state index in [0.717, 1.165) is 5.57 Å². The van der Waals surface area contributed by atoms with E-state index < -0.39 is 23.0 Å². The maximum absolute atomic E-state index is 13.7. The van der Waals surface area contributed by atoms with Gasteiger partial charge in [0.15, 0.2) is 17.8 Å². The monoisotopic (exact) mass is 390 g/mol. The zero-order valence-corrected chi connectivity index (χ0v) is 17.4. The molecular weight excluding hydrogens is 360 g/mol. The molecule has 28 heavy (non-hydrogen) atoms. The molecule has 1 aliphatic heterocycles. The van der Waals surface area contributed by atoms with Gasteiger partial charge in [-0.3, -0.25) is 9.59 Å². The van der Waals surface area contributed by atoms with E-state index in [0.29, 0.717) is 24.4 Å². The van der Waals surface area contributed by atoms with E-state index in [4.69, 9.17) is 14.2 Å². The Morgan fingerprint density at radius 1 is 1.18 bits per heavy atom. The van der Waals surface area contributed by atoms with Crippen molar-refractivity contribution in [3.63, 3.8) is 0 Å². The quantitative estimate of drug-likeness (QED) is 0.781. The SMILES string of the molecule is COC1=C[C@H](C)[C@H]2C[C@H]3OC(O)C[C@H]4C(C)=C(OC)C(=O)C([C@@]34C)[C@@]2(C)C1=O. The Kier molecular flexibility index (Phi) is 4.33. The van der Waals surface area contributed by atoms with Crippen LogP contribution in [0.3, 0.4) is 0 Å². The van der Waals surface area contributed by atoms with Crippen LogP contribution in [0.5, 0.6) is 0 Å². The third-order valence-corrected chi connectivity index (χ3v) is 8.22. The van der Waals surface area contributed by atoms with Gasteiger partial charge in [-0.15, -0.1) is 0 Å². The van der Waals surface area contributed by atoms with Crippen LogP contribution in [-0.2, 0) is 23.8 Å². The van der Waals surface area contributed by atoms with E-state index in [9.17, 15) is 14.7 Å². The van der Waals surface area contributed by atoms with Crippen LogP contribution in [0.4, 0.5) is 0 Å². The second-order valence-corrected chi connectivity index (χ2v) is 9.30. The maximum Gasteiger partial charge on any atom is 0.203 e. The van der Waals surface area contributed by atoms with Crippen molar-refractivity contribution in [1.29, 1.82) is 0 Å². The molecule has 0 bridgehead atoms. The summed E-state index contributed by atoms with van der Waals surface area (Å²) in [5, 5.41) is 10.4. The lowest BCUT2D eigenvalue weighted by atomic mass is 9.40. The number of hydrogen-bond acceptors (Lipinski definition) is 6. The molecule has 6 nitrogen and oxygen atoms in total. The highest BCUT2D eigenvalue weighted by Crippen LogP contribution is 2.67. The van der Waals surface area contributed by atoms with E-state index in [-0.39, 0.29) is 35.4 Å². The molecule has 8 atom stereocenters. The number of fused-ring (bicyclic) bond motifs is 2. The average Bonchev–Trinajstić information content (AvgIpc) is 2.63. The number of hydrogen-bond donors (Lipinski definition) is 1. The van der Waals surface area contributed by atoms with Crippen molar-refractivity contribution in [3.05, 3.63) is 23.2 Å². The maximum atomic E-state index is 13.7. The summed E-state index contributed by atoms with van der Waals surface area (Å²) in [6, 6.07) is 0. The number of allylic oxidation sites excluding steroid dienone is 4. The molecule has 6 heteroatoms. The van der Waals surface area contributed by atoms with Crippen LogP contribution < -0.4 is 0 Å². The first-order valence-electron chi connectivity index (χ1n) is 10.0. The summed E-state index contributed by atoms with van der Waals surface area (Å²) in [6.07, 6.45) is 1.70. The van der Waals surface area contributed by atoms with Gasteiger partial charge in [-0.2, -0.15) is 0 Å². The van der Waals surface area contributed by atoms with Crippen LogP contribution in [0.15, 0.2) is 23.2 Å². The fraction of sp³-hybridized carbons (Fsp3) is 0.727. The summed E-state index contributed by atoms with van der Waals surface area (Å²) in [4.78, 5) is 27.3. The van der Waals surface area contributed by atoms with E-state index >= 15 is 0 Å². The molecule has 0 aromatic rings. The summed E-state index contributed by atoms with van der Waals surface area (Å²) in [6.45, 7) is 7.93. The zero-order chi connectivity index (χ0) is 20.6. The average molecular weight is 390 g/mol. The van der Waals surface area contributed by atoms with Gasteiger partial charge in [0.2, 0.25) is 11.6 Å². The van der Waals surface area contributed by atoms with Gasteiger partial charge in [0.1, 0.15) is 0 Å². The number of aliphatic hydroxyl groups is 1. The van der Waals surface area contributed by atoms with Crippen LogP contribution in [0.2, 0.25) is 0 Å². The molecule has 0 amide bonds. The van der Waals surface area contributed by atoms with Crippen molar-refractivity contribution in [2.75, 3.05) is 14.2 Å². The van der Waals surface area contributed by atoms with Gasteiger partial charge in [0.05, 0.1) is 20.3 Å². The normalized spacial score (nSPS) is 47.9. The zero-order valence-electron chi connectivity index (χ0n) is 17.4. The summed E-state index contributed by atoms with van der Waals surface area (Å²) in [7, 11) is 3.00. The predicted molar refractivity (Wildman–Crippen MR) is 101 cm³/mol. The molecule has 2 unspecified atom stereocenters. The molecule has 0 radical (unpaired) electrons. The molecule has 3 aliphatic carbocycles. The lowest BCUT2D eigenvalue weighted by molar-refractivity contribution is -0.272. The van der Waals surface area contributed by atoms with Gasteiger partial charge in [-0.25, -0.2) is 0 Å². The molecule has 2 fully saturated rings. The molecule has 1 saturated carbocycles. The summed E-state index contributed by atoms with van der Waals surface area (Å²) >= 11 is 0. The molecule has 1 N–H and O–H groups in total. The smallest absolute Gasteiger partial charge is 0.203 e. The fourth-order valence-electron chi connectivity index (χ4n) is 6.96. The number of aliphatic hydroxyl groups excluding tert-OH is 1. The minimum Gasteiger partial charge on any atom is -0.493 e. The topological polar surface area (TPSA) is 82.1 Å². The molecule has 154 valence electrons. The van der Waals surface area contributed by atoms with Crippen LogP contribution in [0, 0.1) is 34.5 Å². The van der Waals surface area contributed by atoms with E-state index in [1.165, 1.54) is 14.2 Å².